The van der Waals surface area contributed by atoms with Crippen molar-refractivity contribution in [2.45, 2.75) is 60.5 Å². The maximum absolute atomic E-state index is 12.8. The number of anilines is 1. The monoisotopic (exact) mass is 399 g/mol. The van der Waals surface area contributed by atoms with Crippen LogP contribution in [0.4, 0.5) is 5.69 Å². The number of carbonyl (C=O) groups is 1. The van der Waals surface area contributed by atoms with Crippen LogP contribution >= 0.6 is 0 Å². The van der Waals surface area contributed by atoms with E-state index in [1.165, 1.54) is 5.56 Å². The minimum atomic E-state index is -0.229. The third kappa shape index (κ3) is 5.97. The fraction of sp³-hybridized carbons (Fsp3) is 0.458. The summed E-state index contributed by atoms with van der Waals surface area (Å²) in [5.74, 6) is 1.50. The van der Waals surface area contributed by atoms with Crippen LogP contribution in [0.5, 0.6) is 11.5 Å². The summed E-state index contributed by atoms with van der Waals surface area (Å²) in [6, 6.07) is 10.0. The summed E-state index contributed by atoms with van der Waals surface area (Å²) in [5.41, 5.74) is 5.38. The Bertz CT molecular complexity index is 825. The molecule has 29 heavy (non-hydrogen) atoms. The van der Waals surface area contributed by atoms with E-state index in [0.717, 1.165) is 33.9 Å². The van der Waals surface area contributed by atoms with Crippen molar-refractivity contribution in [2.24, 2.45) is 0 Å². The van der Waals surface area contributed by atoms with Crippen LogP contribution in [0, 0.1) is 20.8 Å². The molecule has 2 atom stereocenters. The van der Waals surface area contributed by atoms with Gasteiger partial charge in [-0.3, -0.25) is 4.79 Å². The lowest BCUT2D eigenvalue weighted by Crippen LogP contribution is -2.91. The second-order valence-electron chi connectivity index (χ2n) is 7.60. The van der Waals surface area contributed by atoms with E-state index in [4.69, 9.17) is 9.47 Å². The van der Waals surface area contributed by atoms with Gasteiger partial charge in [0, 0.05) is 11.3 Å². The molecule has 2 aromatic carbocycles. The lowest BCUT2D eigenvalue weighted by molar-refractivity contribution is -0.709. The molecule has 0 saturated carbocycles. The molecule has 0 heterocycles. The van der Waals surface area contributed by atoms with Gasteiger partial charge in [-0.2, -0.15) is 0 Å². The molecule has 0 aliphatic rings. The molecular weight excluding hydrogens is 364 g/mol. The molecule has 0 bridgehead atoms. The van der Waals surface area contributed by atoms with Gasteiger partial charge in [0.05, 0.1) is 13.2 Å². The number of hydrogen-bond acceptors (Lipinski definition) is 3. The summed E-state index contributed by atoms with van der Waals surface area (Å²) in [7, 11) is 0. The van der Waals surface area contributed by atoms with Crippen LogP contribution in [0.15, 0.2) is 30.3 Å². The van der Waals surface area contributed by atoms with Gasteiger partial charge < -0.3 is 20.1 Å². The molecule has 2 aromatic rings. The second-order valence-corrected chi connectivity index (χ2v) is 7.60. The highest BCUT2D eigenvalue weighted by atomic mass is 16.5. The van der Waals surface area contributed by atoms with Crippen molar-refractivity contribution in [1.29, 1.82) is 0 Å². The van der Waals surface area contributed by atoms with Gasteiger partial charge in [0.2, 0.25) is 0 Å². The van der Waals surface area contributed by atoms with Crippen LogP contribution in [-0.2, 0) is 4.79 Å². The van der Waals surface area contributed by atoms with Crippen LogP contribution in [0.1, 0.15) is 56.0 Å². The van der Waals surface area contributed by atoms with E-state index in [-0.39, 0.29) is 18.0 Å². The maximum Gasteiger partial charge on any atom is 0.282 e. The molecule has 0 radical (unpaired) electrons. The number of hydrogen-bond donors (Lipinski definition) is 2. The molecule has 1 amide bonds. The number of carbonyl (C=O) groups excluding carboxylic acids is 1. The Morgan fingerprint density at radius 1 is 0.966 bits per heavy atom. The number of quaternary nitrogens is 1. The van der Waals surface area contributed by atoms with E-state index < -0.39 is 0 Å². The number of aryl methyl sites for hydroxylation is 3. The van der Waals surface area contributed by atoms with Crippen LogP contribution in [0.2, 0.25) is 0 Å². The summed E-state index contributed by atoms with van der Waals surface area (Å²) < 4.78 is 11.4. The van der Waals surface area contributed by atoms with Gasteiger partial charge in [0.25, 0.3) is 5.91 Å². The summed E-state index contributed by atoms with van der Waals surface area (Å²) in [6.07, 6.45) is 0. The topological polar surface area (TPSA) is 64.2 Å². The van der Waals surface area contributed by atoms with Crippen LogP contribution in [0.3, 0.4) is 0 Å². The normalized spacial score (nSPS) is 12.9. The van der Waals surface area contributed by atoms with E-state index in [9.17, 15) is 4.79 Å². The summed E-state index contributed by atoms with van der Waals surface area (Å²) in [6.45, 7) is 15.2. The van der Waals surface area contributed by atoms with E-state index in [2.05, 4.69) is 36.6 Å². The first-order chi connectivity index (χ1) is 13.8. The fourth-order valence-electron chi connectivity index (χ4n) is 3.60. The molecule has 5 heteroatoms. The number of rotatable bonds is 9. The smallest absolute Gasteiger partial charge is 0.282 e. The maximum atomic E-state index is 12.8. The highest BCUT2D eigenvalue weighted by Crippen LogP contribution is 2.30. The molecule has 0 aromatic heterocycles. The van der Waals surface area contributed by atoms with Gasteiger partial charge in [0.1, 0.15) is 6.04 Å². The molecular formula is C24H35N2O3+. The van der Waals surface area contributed by atoms with Crippen molar-refractivity contribution in [2.75, 3.05) is 18.5 Å². The quantitative estimate of drug-likeness (QED) is 0.668. The third-order valence-electron chi connectivity index (χ3n) is 5.01. The van der Waals surface area contributed by atoms with Gasteiger partial charge >= 0.3 is 0 Å². The van der Waals surface area contributed by atoms with Crippen LogP contribution in [0.25, 0.3) is 0 Å². The number of nitrogens with one attached hydrogen (secondary N) is 1. The summed E-state index contributed by atoms with van der Waals surface area (Å²) in [4.78, 5) is 12.8. The van der Waals surface area contributed by atoms with Crippen molar-refractivity contribution >= 4 is 11.6 Å². The van der Waals surface area contributed by atoms with Crippen LogP contribution < -0.4 is 20.1 Å². The highest BCUT2D eigenvalue weighted by molar-refractivity contribution is 5.95. The zero-order chi connectivity index (χ0) is 21.6. The number of benzene rings is 2. The number of nitrogens with two attached hydrogens (primary N) is 1. The molecule has 0 spiro atoms. The first-order valence-electron chi connectivity index (χ1n) is 10.4. The average Bonchev–Trinajstić information content (AvgIpc) is 2.66. The van der Waals surface area contributed by atoms with Gasteiger partial charge in [-0.15, -0.1) is 0 Å². The van der Waals surface area contributed by atoms with E-state index in [1.54, 1.807) is 0 Å². The average molecular weight is 400 g/mol. The Morgan fingerprint density at radius 3 is 2.14 bits per heavy atom. The first kappa shape index (κ1) is 22.8. The lowest BCUT2D eigenvalue weighted by atomic mass is 10.0. The van der Waals surface area contributed by atoms with Crippen molar-refractivity contribution in [3.8, 4) is 11.5 Å². The van der Waals surface area contributed by atoms with Crippen molar-refractivity contribution in [1.82, 2.24) is 0 Å². The zero-order valence-electron chi connectivity index (χ0n) is 18.8. The SMILES string of the molecule is CCOc1ccc([C@@H](C)[NH2+][C@@H](C)C(=O)Nc2c(C)cc(C)cc2C)cc1OCC. The minimum absolute atomic E-state index is 0.00266. The Labute approximate surface area is 174 Å². The molecule has 0 saturated heterocycles. The molecule has 0 unspecified atom stereocenters. The number of ether oxygens (including phenoxy) is 2. The third-order valence-corrected chi connectivity index (χ3v) is 5.01. The Hall–Kier alpha value is -2.53. The minimum Gasteiger partial charge on any atom is -0.490 e. The molecule has 3 N–H and O–H groups in total. The number of amides is 1. The van der Waals surface area contributed by atoms with E-state index >= 15 is 0 Å². The van der Waals surface area contributed by atoms with Crippen molar-refractivity contribution in [3.05, 3.63) is 52.6 Å². The molecule has 0 aliphatic carbocycles. The van der Waals surface area contributed by atoms with Gasteiger partial charge in [-0.1, -0.05) is 17.7 Å². The van der Waals surface area contributed by atoms with Gasteiger partial charge in [0.15, 0.2) is 17.5 Å². The van der Waals surface area contributed by atoms with Gasteiger partial charge in [-0.05, 0) is 77.8 Å². The van der Waals surface area contributed by atoms with E-state index in [0.29, 0.717) is 13.2 Å². The molecule has 2 rings (SSSR count). The molecule has 158 valence electrons. The standard InChI is InChI=1S/C24H34N2O3/c1-8-28-21-11-10-20(14-22(21)29-9-2)18(6)25-19(7)24(27)26-23-16(4)12-15(3)13-17(23)5/h10-14,18-19,25H,8-9H2,1-7H3,(H,26,27)/p+1/t18-,19+/m1/s1. The largest absolute Gasteiger partial charge is 0.490 e. The Balaban J connectivity index is 2.09. The van der Waals surface area contributed by atoms with Crippen LogP contribution in [-0.4, -0.2) is 25.2 Å². The fourth-order valence-corrected chi connectivity index (χ4v) is 3.60. The molecule has 0 fully saturated rings. The summed E-state index contributed by atoms with van der Waals surface area (Å²) in [5, 5.41) is 5.17. The van der Waals surface area contributed by atoms with E-state index in [1.807, 2.05) is 52.8 Å². The second kappa shape index (κ2) is 10.3. The molecule has 0 aliphatic heterocycles. The van der Waals surface area contributed by atoms with Crippen molar-refractivity contribution in [3.63, 3.8) is 0 Å². The Morgan fingerprint density at radius 2 is 1.55 bits per heavy atom. The highest BCUT2D eigenvalue weighted by Gasteiger charge is 2.22. The predicted molar refractivity (Wildman–Crippen MR) is 118 cm³/mol. The lowest BCUT2D eigenvalue weighted by Gasteiger charge is -2.20. The first-order valence-corrected chi connectivity index (χ1v) is 10.4. The summed E-state index contributed by atoms with van der Waals surface area (Å²) >= 11 is 0. The predicted octanol–water partition coefficient (Wildman–Crippen LogP) is 4.06. The zero-order valence-corrected chi connectivity index (χ0v) is 18.8. The van der Waals surface area contributed by atoms with Gasteiger partial charge in [-0.25, -0.2) is 0 Å². The molecule has 5 nitrogen and oxygen atoms in total. The Kier molecular flexibility index (Phi) is 8.09. The van der Waals surface area contributed by atoms with Crippen molar-refractivity contribution < 1.29 is 19.6 Å².